The summed E-state index contributed by atoms with van der Waals surface area (Å²) in [5, 5.41) is 31.3. The minimum Gasteiger partial charge on any atom is -0.479 e. The third-order valence-electron chi connectivity index (χ3n) is 11.9. The maximum Gasteiger partial charge on any atom is 0.335 e. The highest BCUT2D eigenvalue weighted by atomic mass is 16.7. The molecule has 12 nitrogen and oxygen atoms in total. The van der Waals surface area contributed by atoms with Crippen molar-refractivity contribution in [3.63, 3.8) is 0 Å². The zero-order valence-corrected chi connectivity index (χ0v) is 42.1. The molecule has 1 fully saturated rings. The molecule has 1 heterocycles. The molecule has 6 unspecified atom stereocenters. The lowest BCUT2D eigenvalue weighted by molar-refractivity contribution is -0.301. The van der Waals surface area contributed by atoms with Gasteiger partial charge in [0.05, 0.1) is 6.61 Å². The van der Waals surface area contributed by atoms with Crippen LogP contribution in [0.15, 0.2) is 48.6 Å². The van der Waals surface area contributed by atoms with Crippen molar-refractivity contribution in [1.82, 2.24) is 0 Å². The van der Waals surface area contributed by atoms with Crippen molar-refractivity contribution < 1.29 is 58.2 Å². The number of allylic oxidation sites excluding steroid dienone is 8. The molecule has 12 heteroatoms. The minimum atomic E-state index is -1.90. The zero-order chi connectivity index (χ0) is 49.0. The Morgan fingerprint density at radius 2 is 0.940 bits per heavy atom. The largest absolute Gasteiger partial charge is 0.479 e. The van der Waals surface area contributed by atoms with E-state index < -0.39 is 67.3 Å². The molecule has 1 rings (SSSR count). The maximum atomic E-state index is 13.1. The summed E-state index contributed by atoms with van der Waals surface area (Å²) in [5.41, 5.74) is 0. The summed E-state index contributed by atoms with van der Waals surface area (Å²) in [4.78, 5) is 50.8. The molecule has 0 amide bonds. The number of ether oxygens (including phenoxy) is 5. The number of aliphatic hydroxyl groups is 2. The van der Waals surface area contributed by atoms with Crippen LogP contribution in [0.1, 0.15) is 226 Å². The van der Waals surface area contributed by atoms with Crippen LogP contribution in [0.2, 0.25) is 0 Å². The maximum absolute atomic E-state index is 13.1. The third kappa shape index (κ3) is 34.6. The van der Waals surface area contributed by atoms with E-state index in [2.05, 4.69) is 69.4 Å². The van der Waals surface area contributed by atoms with Crippen LogP contribution in [0.5, 0.6) is 0 Å². The van der Waals surface area contributed by atoms with Gasteiger partial charge in [0.25, 0.3) is 0 Å². The first-order valence-electron chi connectivity index (χ1n) is 26.6. The molecule has 1 saturated heterocycles. The Balaban J connectivity index is 2.73. The molecule has 0 aromatic rings. The van der Waals surface area contributed by atoms with Gasteiger partial charge in [-0.25, -0.2) is 4.79 Å². The van der Waals surface area contributed by atoms with Crippen LogP contribution in [0.25, 0.3) is 0 Å². The topological polar surface area (TPSA) is 175 Å². The summed E-state index contributed by atoms with van der Waals surface area (Å²) in [6.07, 6.45) is 38.2. The fraction of sp³-hybridized carbons (Fsp3) is 0.782. The quantitative estimate of drug-likeness (QED) is 0.0228. The molecule has 67 heavy (non-hydrogen) atoms. The molecular weight excluding hydrogens is 853 g/mol. The molecule has 0 aromatic carbocycles. The van der Waals surface area contributed by atoms with Crippen molar-refractivity contribution in [3.05, 3.63) is 48.6 Å². The van der Waals surface area contributed by atoms with Gasteiger partial charge in [0.2, 0.25) is 0 Å². The summed E-state index contributed by atoms with van der Waals surface area (Å²) in [7, 11) is 0. The number of aliphatic carboxylic acids is 1. The van der Waals surface area contributed by atoms with E-state index in [9.17, 15) is 34.5 Å². The van der Waals surface area contributed by atoms with Crippen LogP contribution in [0.3, 0.4) is 0 Å². The number of carboxylic acids is 1. The van der Waals surface area contributed by atoms with Crippen LogP contribution in [-0.2, 0) is 42.9 Å². The fourth-order valence-electron chi connectivity index (χ4n) is 7.79. The average molecular weight is 947 g/mol. The molecule has 0 saturated carbocycles. The Morgan fingerprint density at radius 3 is 1.46 bits per heavy atom. The van der Waals surface area contributed by atoms with E-state index in [0.29, 0.717) is 19.3 Å². The van der Waals surface area contributed by atoms with Gasteiger partial charge in [0.15, 0.2) is 24.6 Å². The SMILES string of the molecule is CC/C=C\C/C=C\C/C=C\CCCCCCCC(=O)OCC(COC1OC(C(=O)O)C(O)C(O)C1OC(=O)CCCCCCCCCCC)OC(=O)CCCCCCC/C=C\CCCCCC. The normalized spacial score (nSPS) is 19.2. The second kappa shape index (κ2) is 43.9. The number of carbonyl (C=O) groups excluding carboxylic acids is 3. The van der Waals surface area contributed by atoms with Gasteiger partial charge in [-0.2, -0.15) is 0 Å². The van der Waals surface area contributed by atoms with E-state index in [1.54, 1.807) is 0 Å². The number of hydrogen-bond acceptors (Lipinski definition) is 11. The highest BCUT2D eigenvalue weighted by molar-refractivity contribution is 5.74. The monoisotopic (exact) mass is 947 g/mol. The van der Waals surface area contributed by atoms with Gasteiger partial charge in [-0.05, 0) is 77.0 Å². The highest BCUT2D eigenvalue weighted by Crippen LogP contribution is 2.26. The summed E-state index contributed by atoms with van der Waals surface area (Å²) >= 11 is 0. The highest BCUT2D eigenvalue weighted by Gasteiger charge is 2.50. The van der Waals surface area contributed by atoms with Gasteiger partial charge >= 0.3 is 23.9 Å². The number of hydrogen-bond donors (Lipinski definition) is 3. The second-order valence-corrected chi connectivity index (χ2v) is 18.1. The first-order chi connectivity index (χ1) is 32.6. The van der Waals surface area contributed by atoms with Crippen LogP contribution >= 0.6 is 0 Å². The Bertz CT molecular complexity index is 1360. The van der Waals surface area contributed by atoms with E-state index in [4.69, 9.17) is 23.7 Å². The summed E-state index contributed by atoms with van der Waals surface area (Å²) in [6.45, 7) is 5.79. The first-order valence-corrected chi connectivity index (χ1v) is 26.6. The predicted molar refractivity (Wildman–Crippen MR) is 266 cm³/mol. The Morgan fingerprint density at radius 1 is 0.507 bits per heavy atom. The van der Waals surface area contributed by atoms with Gasteiger partial charge in [-0.15, -0.1) is 0 Å². The number of unbranched alkanes of at least 4 members (excludes halogenated alkanes) is 22. The average Bonchev–Trinajstić information content (AvgIpc) is 3.31. The number of carboxylic acid groups (broad SMARTS) is 1. The van der Waals surface area contributed by atoms with E-state index in [-0.39, 0.29) is 25.9 Å². The lowest BCUT2D eigenvalue weighted by Gasteiger charge is -2.40. The predicted octanol–water partition coefficient (Wildman–Crippen LogP) is 12.7. The lowest BCUT2D eigenvalue weighted by atomic mass is 9.98. The first kappa shape index (κ1) is 61.7. The minimum absolute atomic E-state index is 0.0593. The molecule has 6 atom stereocenters. The van der Waals surface area contributed by atoms with Crippen molar-refractivity contribution >= 4 is 23.9 Å². The Kier molecular flexibility index (Phi) is 40.4. The summed E-state index contributed by atoms with van der Waals surface area (Å²) < 4.78 is 28.2. The van der Waals surface area contributed by atoms with Crippen LogP contribution in [-0.4, -0.2) is 89.2 Å². The Hall–Kier alpha value is -3.32. The van der Waals surface area contributed by atoms with Crippen LogP contribution < -0.4 is 0 Å². The third-order valence-corrected chi connectivity index (χ3v) is 11.9. The van der Waals surface area contributed by atoms with Gasteiger partial charge in [-0.3, -0.25) is 14.4 Å². The lowest BCUT2D eigenvalue weighted by Crippen LogP contribution is -2.61. The van der Waals surface area contributed by atoms with E-state index in [0.717, 1.165) is 116 Å². The molecule has 1 aliphatic rings. The standard InChI is InChI=1S/C55H94O12/c1-4-7-10-13-16-19-21-23-24-26-27-30-32-35-38-41-47(56)63-44-46(65-48(57)42-39-36-34-31-28-25-22-20-17-14-11-8-5-2)45-64-55-53(51(60)50(59)52(67-55)54(61)62)66-49(58)43-40-37-33-29-18-15-12-9-6-3/h7,10,16,19-20,22-24,46,50-53,55,59-60H,4-6,8-9,11-15,17-18,21,25-45H2,1-3H3,(H,61,62)/b10-7-,19-16-,22-20-,24-23-. The van der Waals surface area contributed by atoms with E-state index in [1.807, 2.05) is 0 Å². The second-order valence-electron chi connectivity index (χ2n) is 18.1. The molecular formula is C55H94O12. The molecule has 386 valence electrons. The Labute approximate surface area is 405 Å². The summed E-state index contributed by atoms with van der Waals surface area (Å²) in [6, 6.07) is 0. The molecule has 0 radical (unpaired) electrons. The van der Waals surface area contributed by atoms with Crippen LogP contribution in [0, 0.1) is 0 Å². The van der Waals surface area contributed by atoms with Crippen molar-refractivity contribution in [3.8, 4) is 0 Å². The molecule has 0 bridgehead atoms. The molecule has 1 aliphatic heterocycles. The smallest absolute Gasteiger partial charge is 0.335 e. The number of rotatable bonds is 44. The van der Waals surface area contributed by atoms with Crippen LogP contribution in [0.4, 0.5) is 0 Å². The van der Waals surface area contributed by atoms with Crippen molar-refractivity contribution in [2.75, 3.05) is 13.2 Å². The summed E-state index contributed by atoms with van der Waals surface area (Å²) in [5.74, 6) is -3.15. The van der Waals surface area contributed by atoms with Crippen molar-refractivity contribution in [2.45, 2.75) is 263 Å². The number of carbonyl (C=O) groups is 4. The van der Waals surface area contributed by atoms with E-state index >= 15 is 0 Å². The van der Waals surface area contributed by atoms with Crippen molar-refractivity contribution in [1.29, 1.82) is 0 Å². The number of esters is 3. The van der Waals surface area contributed by atoms with Gasteiger partial charge in [0.1, 0.15) is 18.8 Å². The van der Waals surface area contributed by atoms with Gasteiger partial charge < -0.3 is 39.0 Å². The zero-order valence-electron chi connectivity index (χ0n) is 42.1. The molecule has 0 spiro atoms. The fourth-order valence-corrected chi connectivity index (χ4v) is 7.79. The van der Waals surface area contributed by atoms with Gasteiger partial charge in [-0.1, -0.05) is 179 Å². The molecule has 0 aliphatic carbocycles. The van der Waals surface area contributed by atoms with E-state index in [1.165, 1.54) is 51.4 Å². The number of aliphatic hydroxyl groups excluding tert-OH is 2. The van der Waals surface area contributed by atoms with Crippen molar-refractivity contribution in [2.24, 2.45) is 0 Å². The molecule has 3 N–H and O–H groups in total. The van der Waals surface area contributed by atoms with Gasteiger partial charge in [0, 0.05) is 19.3 Å². The molecule has 0 aromatic heterocycles.